The van der Waals surface area contributed by atoms with Gasteiger partial charge in [-0.25, -0.2) is 19.9 Å². The van der Waals surface area contributed by atoms with Crippen molar-refractivity contribution in [2.24, 2.45) is 0 Å². The minimum absolute atomic E-state index is 0.615. The zero-order valence-corrected chi connectivity index (χ0v) is 29.5. The van der Waals surface area contributed by atoms with Crippen LogP contribution < -0.4 is 0 Å². The van der Waals surface area contributed by atoms with E-state index in [4.69, 9.17) is 24.4 Å². The Hall–Kier alpha value is -7.50. The van der Waals surface area contributed by atoms with Crippen molar-refractivity contribution in [3.63, 3.8) is 0 Å². The summed E-state index contributed by atoms with van der Waals surface area (Å²) in [4.78, 5) is 20.1. The van der Waals surface area contributed by atoms with Crippen LogP contribution in [-0.2, 0) is 0 Å². The van der Waals surface area contributed by atoms with Crippen molar-refractivity contribution in [3.05, 3.63) is 182 Å². The third-order valence-corrected chi connectivity index (χ3v) is 10.5. The van der Waals surface area contributed by atoms with Crippen LogP contribution in [-0.4, -0.2) is 19.9 Å². The lowest BCUT2D eigenvalue weighted by molar-refractivity contribution is 0.623. The zero-order valence-electron chi connectivity index (χ0n) is 29.5. The quantitative estimate of drug-likeness (QED) is 0.167. The number of rotatable bonds is 5. The summed E-state index contributed by atoms with van der Waals surface area (Å²) in [6.45, 7) is 0. The van der Waals surface area contributed by atoms with E-state index in [0.717, 1.165) is 66.0 Å². The van der Waals surface area contributed by atoms with E-state index in [0.29, 0.717) is 23.4 Å². The number of nitrogens with zero attached hydrogens (tertiary/aromatic N) is 4. The van der Waals surface area contributed by atoms with Gasteiger partial charge in [-0.15, -0.1) is 0 Å². The molecule has 0 saturated heterocycles. The second kappa shape index (κ2) is 12.6. The molecule has 0 unspecified atom stereocenters. The summed E-state index contributed by atoms with van der Waals surface area (Å²) >= 11 is 0. The van der Waals surface area contributed by atoms with Crippen molar-refractivity contribution >= 4 is 54.2 Å². The second-order valence-electron chi connectivity index (χ2n) is 13.9. The Balaban J connectivity index is 1.06. The zero-order chi connectivity index (χ0) is 36.3. The predicted molar refractivity (Wildman–Crippen MR) is 225 cm³/mol. The molecule has 256 valence electrons. The molecule has 2 heterocycles. The predicted octanol–water partition coefficient (Wildman–Crippen LogP) is 13.0. The van der Waals surface area contributed by atoms with E-state index in [2.05, 4.69) is 115 Å². The molecule has 0 spiro atoms. The molecule has 0 N–H and O–H groups in total. The minimum Gasteiger partial charge on any atom is -0.435 e. The van der Waals surface area contributed by atoms with Gasteiger partial charge in [0.15, 0.2) is 23.1 Å². The molecule has 0 aliphatic heterocycles. The highest BCUT2D eigenvalue weighted by Crippen LogP contribution is 2.38. The Kier molecular flexibility index (Phi) is 7.10. The van der Waals surface area contributed by atoms with Crippen LogP contribution in [0.3, 0.4) is 0 Å². The van der Waals surface area contributed by atoms with Gasteiger partial charge in [-0.2, -0.15) is 0 Å². The first-order valence-electron chi connectivity index (χ1n) is 18.4. The number of benzene rings is 9. The van der Waals surface area contributed by atoms with Gasteiger partial charge in [0.05, 0.1) is 0 Å². The summed E-state index contributed by atoms with van der Waals surface area (Å²) in [5, 5.41) is 9.11. The number of hydrogen-bond donors (Lipinski definition) is 0. The molecule has 5 nitrogen and oxygen atoms in total. The van der Waals surface area contributed by atoms with Crippen molar-refractivity contribution in [3.8, 4) is 56.7 Å². The van der Waals surface area contributed by atoms with Crippen molar-refractivity contribution in [2.75, 3.05) is 0 Å². The van der Waals surface area contributed by atoms with Gasteiger partial charge in [0.25, 0.3) is 0 Å². The smallest absolute Gasteiger partial charge is 0.227 e. The molecule has 11 aromatic rings. The second-order valence-corrected chi connectivity index (χ2v) is 13.9. The monoisotopic (exact) mass is 702 g/mol. The first-order valence-corrected chi connectivity index (χ1v) is 18.4. The maximum atomic E-state index is 6.50. The average Bonchev–Trinajstić information content (AvgIpc) is 3.71. The van der Waals surface area contributed by atoms with Gasteiger partial charge < -0.3 is 4.42 Å². The van der Waals surface area contributed by atoms with E-state index in [-0.39, 0.29) is 0 Å². The van der Waals surface area contributed by atoms with Crippen LogP contribution in [0.4, 0.5) is 0 Å². The fraction of sp³-hybridized carbons (Fsp3) is 0. The maximum Gasteiger partial charge on any atom is 0.227 e. The van der Waals surface area contributed by atoms with Crippen LogP contribution in [0.25, 0.3) is 111 Å². The molecular formula is C50H30N4O. The first-order chi connectivity index (χ1) is 27.2. The molecule has 0 saturated carbocycles. The first kappa shape index (κ1) is 31.1. The number of oxazole rings is 1. The topological polar surface area (TPSA) is 64.7 Å². The molecule has 11 rings (SSSR count). The lowest BCUT2D eigenvalue weighted by Gasteiger charge is -2.11. The Morgan fingerprint density at radius 1 is 0.327 bits per heavy atom. The van der Waals surface area contributed by atoms with Crippen molar-refractivity contribution in [2.45, 2.75) is 0 Å². The van der Waals surface area contributed by atoms with E-state index in [1.165, 1.54) is 21.5 Å². The summed E-state index contributed by atoms with van der Waals surface area (Å²) in [6.07, 6.45) is 0. The summed E-state index contributed by atoms with van der Waals surface area (Å²) in [6, 6.07) is 63.1. The normalized spacial score (nSPS) is 11.6. The van der Waals surface area contributed by atoms with Gasteiger partial charge in [0.1, 0.15) is 5.52 Å². The van der Waals surface area contributed by atoms with Crippen LogP contribution in [0, 0.1) is 0 Å². The molecule has 5 heteroatoms. The Morgan fingerprint density at radius 2 is 0.891 bits per heavy atom. The van der Waals surface area contributed by atoms with Crippen molar-refractivity contribution < 1.29 is 4.42 Å². The fourth-order valence-corrected chi connectivity index (χ4v) is 7.74. The largest absolute Gasteiger partial charge is 0.435 e. The molecule has 0 aliphatic carbocycles. The van der Waals surface area contributed by atoms with E-state index >= 15 is 0 Å². The summed E-state index contributed by atoms with van der Waals surface area (Å²) in [7, 11) is 0. The van der Waals surface area contributed by atoms with Gasteiger partial charge >= 0.3 is 0 Å². The van der Waals surface area contributed by atoms with Crippen LogP contribution in [0.15, 0.2) is 186 Å². The molecule has 9 aromatic carbocycles. The number of hydrogen-bond acceptors (Lipinski definition) is 5. The third kappa shape index (κ3) is 5.41. The minimum atomic E-state index is 0.615. The SMILES string of the molecule is c1ccc(-c2nc(-c3ccc4ccc(-c5cccc6ccc7nc(-c8ccccc8)oc7c56)cc4c3)nc(-c3ccc4ccc5ccccc5c4c3)n2)cc1. The highest BCUT2D eigenvalue weighted by Gasteiger charge is 2.17. The standard InChI is InChI=1S/C50H30N4O/c1-3-11-35(12-4-1)47-52-48(54-49(53-47)39-25-22-33-21-20-32-10-7-8-16-41(32)43(33)30-39)38-24-19-31-18-23-37(28-40(31)29-38)42-17-9-15-34-26-27-44-46(45(34)42)55-50(51-44)36-13-5-2-6-14-36/h1-30H. The Bertz CT molecular complexity index is 3260. The lowest BCUT2D eigenvalue weighted by atomic mass is 9.95. The molecule has 0 aliphatic rings. The Morgan fingerprint density at radius 3 is 1.67 bits per heavy atom. The number of aromatic nitrogens is 4. The van der Waals surface area contributed by atoms with Crippen molar-refractivity contribution in [1.29, 1.82) is 0 Å². The van der Waals surface area contributed by atoms with E-state index < -0.39 is 0 Å². The average molecular weight is 703 g/mol. The Labute approximate surface area is 316 Å². The molecule has 0 atom stereocenters. The third-order valence-electron chi connectivity index (χ3n) is 10.5. The van der Waals surface area contributed by atoms with E-state index in [9.17, 15) is 0 Å². The van der Waals surface area contributed by atoms with Gasteiger partial charge in [0.2, 0.25) is 5.89 Å². The molecule has 0 fully saturated rings. The summed E-state index contributed by atoms with van der Waals surface area (Å²) in [5.41, 5.74) is 7.54. The summed E-state index contributed by atoms with van der Waals surface area (Å²) < 4.78 is 6.50. The summed E-state index contributed by atoms with van der Waals surface area (Å²) in [5.74, 6) is 2.50. The molecule has 2 aromatic heterocycles. The van der Waals surface area contributed by atoms with Crippen LogP contribution >= 0.6 is 0 Å². The van der Waals surface area contributed by atoms with Crippen LogP contribution in [0.2, 0.25) is 0 Å². The van der Waals surface area contributed by atoms with Crippen molar-refractivity contribution in [1.82, 2.24) is 19.9 Å². The molecule has 0 amide bonds. The number of fused-ring (bicyclic) bond motifs is 7. The molecule has 0 radical (unpaired) electrons. The fourth-order valence-electron chi connectivity index (χ4n) is 7.74. The van der Waals surface area contributed by atoms with E-state index in [1.54, 1.807) is 0 Å². The van der Waals surface area contributed by atoms with Crippen LogP contribution in [0.5, 0.6) is 0 Å². The maximum absolute atomic E-state index is 6.50. The highest BCUT2D eigenvalue weighted by atomic mass is 16.3. The highest BCUT2D eigenvalue weighted by molar-refractivity contribution is 6.12. The lowest BCUT2D eigenvalue weighted by Crippen LogP contribution is -2.00. The van der Waals surface area contributed by atoms with Gasteiger partial charge in [0, 0.05) is 27.6 Å². The van der Waals surface area contributed by atoms with Gasteiger partial charge in [-0.3, -0.25) is 0 Å². The van der Waals surface area contributed by atoms with Gasteiger partial charge in [-0.1, -0.05) is 146 Å². The van der Waals surface area contributed by atoms with Crippen LogP contribution in [0.1, 0.15) is 0 Å². The molecule has 0 bridgehead atoms. The molecule has 55 heavy (non-hydrogen) atoms. The molecular weight excluding hydrogens is 673 g/mol. The van der Waals surface area contributed by atoms with Gasteiger partial charge in [-0.05, 0) is 85.2 Å². The van der Waals surface area contributed by atoms with E-state index in [1.807, 2.05) is 66.7 Å².